The predicted octanol–water partition coefficient (Wildman–Crippen LogP) is 9.86. The smallest absolute Gasteiger partial charge is 0.316 e. The molecule has 0 bridgehead atoms. The number of rotatable bonds is 14. The van der Waals surface area contributed by atoms with Crippen molar-refractivity contribution >= 4 is 0 Å². The molecular formula is C31H42F4O. The maximum atomic E-state index is 14.9. The largest absolute Gasteiger partial charge is 0.386 e. The molecule has 1 aliphatic rings. The van der Waals surface area contributed by atoms with E-state index in [1.165, 1.54) is 43.7 Å². The molecule has 1 aliphatic carbocycles. The Kier molecular flexibility index (Phi) is 11.3. The van der Waals surface area contributed by atoms with Gasteiger partial charge in [-0.2, -0.15) is 8.78 Å². The van der Waals surface area contributed by atoms with Gasteiger partial charge in [-0.3, -0.25) is 0 Å². The Labute approximate surface area is 214 Å². The Bertz CT molecular complexity index is 917. The minimum Gasteiger partial charge on any atom is -0.316 e. The SMILES string of the molecule is CCCCCc1ccc(CCOC(F)(F)c2ccc([C@H]3CC[C@H](CCCCC)CC3)c(F)c2F)cc1. The van der Waals surface area contributed by atoms with Gasteiger partial charge in [0.05, 0.1) is 12.2 Å². The Morgan fingerprint density at radius 3 is 2.00 bits per heavy atom. The van der Waals surface area contributed by atoms with Gasteiger partial charge in [0, 0.05) is 0 Å². The van der Waals surface area contributed by atoms with Crippen molar-refractivity contribution in [2.45, 2.75) is 109 Å². The molecule has 2 aromatic rings. The Morgan fingerprint density at radius 2 is 1.36 bits per heavy atom. The van der Waals surface area contributed by atoms with Crippen LogP contribution in [0.4, 0.5) is 17.6 Å². The second kappa shape index (κ2) is 14.2. The van der Waals surface area contributed by atoms with E-state index in [9.17, 15) is 17.6 Å². The summed E-state index contributed by atoms with van der Waals surface area (Å²) in [6, 6.07) is 10.2. The van der Waals surface area contributed by atoms with Crippen LogP contribution in [-0.4, -0.2) is 6.61 Å². The zero-order chi connectivity index (χ0) is 26.0. The van der Waals surface area contributed by atoms with Crippen molar-refractivity contribution in [2.24, 2.45) is 5.92 Å². The van der Waals surface area contributed by atoms with Crippen molar-refractivity contribution in [2.75, 3.05) is 6.61 Å². The van der Waals surface area contributed by atoms with Crippen LogP contribution in [0.1, 0.15) is 113 Å². The molecule has 0 unspecified atom stereocenters. The van der Waals surface area contributed by atoms with Crippen LogP contribution >= 0.6 is 0 Å². The van der Waals surface area contributed by atoms with Crippen LogP contribution in [0.15, 0.2) is 36.4 Å². The summed E-state index contributed by atoms with van der Waals surface area (Å²) >= 11 is 0. The van der Waals surface area contributed by atoms with E-state index >= 15 is 0 Å². The summed E-state index contributed by atoms with van der Waals surface area (Å²) < 4.78 is 63.8. The lowest BCUT2D eigenvalue weighted by molar-refractivity contribution is -0.249. The van der Waals surface area contributed by atoms with E-state index in [1.807, 2.05) is 24.3 Å². The lowest BCUT2D eigenvalue weighted by Gasteiger charge is -2.29. The number of alkyl halides is 2. The Balaban J connectivity index is 1.53. The summed E-state index contributed by atoms with van der Waals surface area (Å²) in [5.41, 5.74) is 1.29. The van der Waals surface area contributed by atoms with Crippen molar-refractivity contribution in [1.82, 2.24) is 0 Å². The quantitative estimate of drug-likeness (QED) is 0.183. The molecule has 1 saturated carbocycles. The number of hydrogen-bond donors (Lipinski definition) is 0. The van der Waals surface area contributed by atoms with Crippen LogP contribution in [0, 0.1) is 17.6 Å². The molecule has 1 nitrogen and oxygen atoms in total. The molecule has 0 aliphatic heterocycles. The molecule has 0 saturated heterocycles. The van der Waals surface area contributed by atoms with Gasteiger partial charge in [0.15, 0.2) is 11.6 Å². The van der Waals surface area contributed by atoms with Crippen LogP contribution in [0.5, 0.6) is 0 Å². The molecule has 1 fully saturated rings. The molecule has 0 aromatic heterocycles. The minimum atomic E-state index is -3.89. The van der Waals surface area contributed by atoms with Crippen molar-refractivity contribution in [3.8, 4) is 0 Å². The van der Waals surface area contributed by atoms with Gasteiger partial charge < -0.3 is 4.74 Å². The first-order chi connectivity index (χ1) is 17.4. The number of halogens is 4. The first-order valence-corrected chi connectivity index (χ1v) is 13.9. The first kappa shape index (κ1) is 28.7. The first-order valence-electron chi connectivity index (χ1n) is 13.9. The van der Waals surface area contributed by atoms with Crippen LogP contribution in [0.2, 0.25) is 0 Å². The third kappa shape index (κ3) is 8.06. The van der Waals surface area contributed by atoms with E-state index < -0.39 is 23.3 Å². The van der Waals surface area contributed by atoms with Gasteiger partial charge in [0.2, 0.25) is 0 Å². The number of benzene rings is 2. The molecule has 0 heterocycles. The fourth-order valence-corrected chi connectivity index (χ4v) is 5.38. The molecule has 0 spiro atoms. The monoisotopic (exact) mass is 506 g/mol. The standard InChI is InChI=1S/C31H42F4O/c1-3-5-7-9-23-11-13-25(14-12-23)21-22-36-31(34,35)28-20-19-27(29(32)30(28)33)26-17-15-24(16-18-26)10-8-6-4-2/h11-14,19-20,24,26H,3-10,15-18,21-22H2,1-2H3/t24-,26-. The lowest BCUT2D eigenvalue weighted by Crippen LogP contribution is -2.23. The third-order valence-electron chi connectivity index (χ3n) is 7.69. The van der Waals surface area contributed by atoms with Crippen LogP contribution in [0.25, 0.3) is 0 Å². The van der Waals surface area contributed by atoms with Crippen molar-refractivity contribution < 1.29 is 22.3 Å². The topological polar surface area (TPSA) is 9.23 Å². The summed E-state index contributed by atoms with van der Waals surface area (Å²) in [4.78, 5) is 0. The molecule has 0 N–H and O–H groups in total. The fraction of sp³-hybridized carbons (Fsp3) is 0.613. The van der Waals surface area contributed by atoms with Gasteiger partial charge in [0.1, 0.15) is 0 Å². The second-order valence-corrected chi connectivity index (χ2v) is 10.4. The molecule has 5 heteroatoms. The minimum absolute atomic E-state index is 0.115. The number of unbranched alkanes of at least 4 members (excludes halogenated alkanes) is 4. The lowest BCUT2D eigenvalue weighted by atomic mass is 9.76. The average Bonchev–Trinajstić information content (AvgIpc) is 2.87. The molecule has 3 rings (SSSR count). The Morgan fingerprint density at radius 1 is 0.750 bits per heavy atom. The highest BCUT2D eigenvalue weighted by Crippen LogP contribution is 2.41. The third-order valence-corrected chi connectivity index (χ3v) is 7.69. The summed E-state index contributed by atoms with van der Waals surface area (Å²) in [6.07, 6.45) is 9.19. The van der Waals surface area contributed by atoms with Crippen molar-refractivity contribution in [3.05, 3.63) is 70.3 Å². The van der Waals surface area contributed by atoms with Gasteiger partial charge in [-0.1, -0.05) is 82.7 Å². The van der Waals surface area contributed by atoms with Gasteiger partial charge in [-0.25, -0.2) is 8.78 Å². The Hall–Kier alpha value is -1.88. The summed E-state index contributed by atoms with van der Waals surface area (Å²) in [6.45, 7) is 4.06. The van der Waals surface area contributed by atoms with Crippen LogP contribution in [-0.2, 0) is 23.7 Å². The van der Waals surface area contributed by atoms with Crippen LogP contribution in [0.3, 0.4) is 0 Å². The van der Waals surface area contributed by atoms with Crippen molar-refractivity contribution in [1.29, 1.82) is 0 Å². The number of aryl methyl sites for hydroxylation is 1. The predicted molar refractivity (Wildman–Crippen MR) is 138 cm³/mol. The average molecular weight is 507 g/mol. The zero-order valence-electron chi connectivity index (χ0n) is 21.9. The van der Waals surface area contributed by atoms with E-state index in [4.69, 9.17) is 4.74 Å². The summed E-state index contributed by atoms with van der Waals surface area (Å²) in [7, 11) is 0. The zero-order valence-corrected chi connectivity index (χ0v) is 21.9. The van der Waals surface area contributed by atoms with E-state index in [0.717, 1.165) is 56.6 Å². The molecule has 36 heavy (non-hydrogen) atoms. The van der Waals surface area contributed by atoms with E-state index in [-0.39, 0.29) is 24.5 Å². The highest BCUT2D eigenvalue weighted by Gasteiger charge is 2.38. The van der Waals surface area contributed by atoms with Gasteiger partial charge in [-0.05, 0) is 79.5 Å². The normalized spacial score (nSPS) is 18.5. The van der Waals surface area contributed by atoms with Crippen molar-refractivity contribution in [3.63, 3.8) is 0 Å². The molecule has 0 amide bonds. The van der Waals surface area contributed by atoms with Crippen LogP contribution < -0.4 is 0 Å². The van der Waals surface area contributed by atoms with E-state index in [1.54, 1.807) is 0 Å². The summed E-state index contributed by atoms with van der Waals surface area (Å²) in [5, 5.41) is 0. The molecular weight excluding hydrogens is 464 g/mol. The number of hydrogen-bond acceptors (Lipinski definition) is 1. The maximum Gasteiger partial charge on any atom is 0.386 e. The highest BCUT2D eigenvalue weighted by atomic mass is 19.3. The molecule has 0 atom stereocenters. The maximum absolute atomic E-state index is 14.9. The van der Waals surface area contributed by atoms with E-state index in [0.29, 0.717) is 5.92 Å². The molecule has 2 aromatic carbocycles. The highest BCUT2D eigenvalue weighted by molar-refractivity contribution is 5.31. The molecule has 0 radical (unpaired) electrons. The van der Waals surface area contributed by atoms with E-state index in [2.05, 4.69) is 13.8 Å². The van der Waals surface area contributed by atoms with Gasteiger partial charge in [0.25, 0.3) is 0 Å². The fourth-order valence-electron chi connectivity index (χ4n) is 5.38. The number of ether oxygens (including phenoxy) is 1. The van der Waals surface area contributed by atoms with Gasteiger partial charge in [-0.15, -0.1) is 0 Å². The summed E-state index contributed by atoms with van der Waals surface area (Å²) in [5.74, 6) is -2.12. The molecule has 200 valence electrons. The van der Waals surface area contributed by atoms with Gasteiger partial charge >= 0.3 is 6.11 Å². The second-order valence-electron chi connectivity index (χ2n) is 10.4.